The molecule has 1 fully saturated rings. The number of aromatic hydroxyl groups is 1. The molecule has 41 heavy (non-hydrogen) atoms. The molecule has 1 aromatic heterocycles. The summed E-state index contributed by atoms with van der Waals surface area (Å²) in [6, 6.07) is 17.9. The third kappa shape index (κ3) is 5.96. The normalized spacial score (nSPS) is 14.3. The van der Waals surface area contributed by atoms with Crippen molar-refractivity contribution in [3.63, 3.8) is 0 Å². The number of nitrogens with zero attached hydrogens (tertiary/aromatic N) is 2. The highest BCUT2D eigenvalue weighted by Gasteiger charge is 2.23. The molecule has 0 bridgehead atoms. The van der Waals surface area contributed by atoms with E-state index >= 15 is 0 Å². The van der Waals surface area contributed by atoms with Gasteiger partial charge in [-0.25, -0.2) is 9.79 Å². The van der Waals surface area contributed by atoms with Gasteiger partial charge < -0.3 is 20.7 Å². The van der Waals surface area contributed by atoms with E-state index in [-0.39, 0.29) is 23.2 Å². The molecule has 0 radical (unpaired) electrons. The van der Waals surface area contributed by atoms with Crippen molar-refractivity contribution in [3.05, 3.63) is 105 Å². The number of urea groups is 1. The zero-order chi connectivity index (χ0) is 29.1. The van der Waals surface area contributed by atoms with Gasteiger partial charge in [0.05, 0.1) is 21.9 Å². The molecule has 4 amide bonds. The van der Waals surface area contributed by atoms with Crippen molar-refractivity contribution >= 4 is 51.9 Å². The number of aromatic nitrogens is 1. The number of carbonyl (C=O) groups is 3. The third-order valence-corrected chi connectivity index (χ3v) is 6.39. The summed E-state index contributed by atoms with van der Waals surface area (Å²) in [5.41, 5.74) is 3.93. The number of nitro groups is 1. The lowest BCUT2D eigenvalue weighted by atomic mass is 9.98. The molecule has 0 spiro atoms. The highest BCUT2D eigenvalue weighted by molar-refractivity contribution is 6.22. The van der Waals surface area contributed by atoms with E-state index in [0.717, 1.165) is 5.56 Å². The number of aliphatic imine (C=N–C) groups is 1. The van der Waals surface area contributed by atoms with Gasteiger partial charge in [-0.2, -0.15) is 0 Å². The first-order valence-corrected chi connectivity index (χ1v) is 12.5. The number of nitrogens with one attached hydrogen (secondary N) is 4. The molecule has 1 saturated heterocycles. The number of benzene rings is 3. The highest BCUT2D eigenvalue weighted by Crippen LogP contribution is 2.34. The molecule has 5 rings (SSSR count). The van der Waals surface area contributed by atoms with E-state index in [0.29, 0.717) is 52.0 Å². The fourth-order valence-electron chi connectivity index (χ4n) is 4.42. The lowest BCUT2D eigenvalue weighted by Gasteiger charge is -2.10. The third-order valence-electron chi connectivity index (χ3n) is 6.39. The van der Waals surface area contributed by atoms with Crippen LogP contribution in [0.15, 0.2) is 77.4 Å². The van der Waals surface area contributed by atoms with Crippen LogP contribution in [-0.2, 0) is 16.0 Å². The maximum absolute atomic E-state index is 11.8. The second kappa shape index (κ2) is 11.1. The van der Waals surface area contributed by atoms with E-state index in [9.17, 15) is 29.6 Å². The average Bonchev–Trinajstić information content (AvgIpc) is 3.44. The molecule has 0 unspecified atom stereocenters. The number of fused-ring (bicyclic) bond motifs is 1. The van der Waals surface area contributed by atoms with Crippen molar-refractivity contribution in [3.8, 4) is 5.88 Å². The van der Waals surface area contributed by atoms with Crippen LogP contribution in [0.5, 0.6) is 5.88 Å². The van der Waals surface area contributed by atoms with Crippen LogP contribution in [0.2, 0.25) is 0 Å². The number of rotatable bonds is 8. The van der Waals surface area contributed by atoms with Crippen LogP contribution in [0, 0.1) is 10.1 Å². The molecule has 1 aliphatic heterocycles. The minimum absolute atomic E-state index is 0.113. The van der Waals surface area contributed by atoms with Gasteiger partial charge in [-0.1, -0.05) is 36.4 Å². The van der Waals surface area contributed by atoms with Crippen molar-refractivity contribution in [2.45, 2.75) is 13.3 Å². The van der Waals surface area contributed by atoms with Crippen LogP contribution in [0.4, 0.5) is 16.2 Å². The van der Waals surface area contributed by atoms with E-state index in [2.05, 4.69) is 20.9 Å². The molecular weight excluding hydrogens is 528 g/mol. The minimum atomic E-state index is -0.591. The van der Waals surface area contributed by atoms with Crippen molar-refractivity contribution in [1.82, 2.24) is 20.9 Å². The maximum atomic E-state index is 11.8. The first-order valence-electron chi connectivity index (χ1n) is 12.5. The lowest BCUT2D eigenvalue weighted by molar-refractivity contribution is -0.384. The molecule has 12 heteroatoms. The van der Waals surface area contributed by atoms with Crippen molar-refractivity contribution in [1.29, 1.82) is 0 Å². The Labute approximate surface area is 233 Å². The molecule has 1 aliphatic rings. The summed E-state index contributed by atoms with van der Waals surface area (Å²) in [4.78, 5) is 53.1. The summed E-state index contributed by atoms with van der Waals surface area (Å²) in [5.74, 6) is -0.833. The van der Waals surface area contributed by atoms with Crippen LogP contribution in [0.3, 0.4) is 0 Å². The van der Waals surface area contributed by atoms with Crippen molar-refractivity contribution < 1.29 is 24.4 Å². The van der Waals surface area contributed by atoms with Gasteiger partial charge in [0.1, 0.15) is 5.70 Å². The Hall–Kier alpha value is -5.78. The van der Waals surface area contributed by atoms with Gasteiger partial charge in [0.15, 0.2) is 5.88 Å². The van der Waals surface area contributed by atoms with Gasteiger partial charge in [-0.3, -0.25) is 25.0 Å². The fraction of sp³-hybridized carbons (Fsp3) is 0.103. The van der Waals surface area contributed by atoms with Gasteiger partial charge >= 0.3 is 6.03 Å². The molecule has 0 atom stereocenters. The Morgan fingerprint density at radius 1 is 1.05 bits per heavy atom. The standard InChI is InChI=1S/C29H24N6O6/c1-16(36)30-13-12-17-2-6-19(7-3-17)26(25-22-15-21(35(40)41)10-11-23(22)32-28(25)38)31-20-8-4-18(5-9-20)14-24-27(37)34-29(39)33-24/h2-11,14-15,32,38H,12-13H2,1H3,(H,30,36)(H2,33,34,37,39)/b24-14-,31-26?. The second-order valence-electron chi connectivity index (χ2n) is 9.28. The van der Waals surface area contributed by atoms with Crippen molar-refractivity contribution in [2.75, 3.05) is 6.54 Å². The Morgan fingerprint density at radius 3 is 2.41 bits per heavy atom. The average molecular weight is 553 g/mol. The summed E-state index contributed by atoms with van der Waals surface area (Å²) in [5, 5.41) is 30.2. The number of carbonyl (C=O) groups excluding carboxylic acids is 3. The molecule has 0 saturated carbocycles. The smallest absolute Gasteiger partial charge is 0.326 e. The molecule has 5 N–H and O–H groups in total. The maximum Gasteiger partial charge on any atom is 0.326 e. The molecular formula is C29H24N6O6. The first kappa shape index (κ1) is 26.8. The van der Waals surface area contributed by atoms with Crippen LogP contribution in [0.1, 0.15) is 29.2 Å². The molecule has 4 aromatic rings. The number of non-ortho nitro benzene ring substituents is 1. The number of hydrogen-bond donors (Lipinski definition) is 5. The van der Waals surface area contributed by atoms with E-state index in [1.54, 1.807) is 24.3 Å². The summed E-state index contributed by atoms with van der Waals surface area (Å²) in [6.45, 7) is 1.94. The summed E-state index contributed by atoms with van der Waals surface area (Å²) < 4.78 is 0. The quantitative estimate of drug-likeness (QED) is 0.0729. The number of imide groups is 1. The Bertz CT molecular complexity index is 1750. The molecule has 12 nitrogen and oxygen atoms in total. The van der Waals surface area contributed by atoms with Crippen LogP contribution >= 0.6 is 0 Å². The zero-order valence-electron chi connectivity index (χ0n) is 21.7. The number of aromatic amines is 1. The van der Waals surface area contributed by atoms with E-state index in [4.69, 9.17) is 4.99 Å². The van der Waals surface area contributed by atoms with Gasteiger partial charge in [-0.05, 0) is 41.8 Å². The lowest BCUT2D eigenvalue weighted by Crippen LogP contribution is -2.22. The Morgan fingerprint density at radius 2 is 1.78 bits per heavy atom. The zero-order valence-corrected chi connectivity index (χ0v) is 21.7. The number of nitro benzene ring substituents is 1. The number of amides is 4. The minimum Gasteiger partial charge on any atom is -0.494 e. The topological polar surface area (TPSA) is 179 Å². The summed E-state index contributed by atoms with van der Waals surface area (Å²) in [7, 11) is 0. The monoisotopic (exact) mass is 552 g/mol. The molecule has 206 valence electrons. The fourth-order valence-corrected chi connectivity index (χ4v) is 4.42. The van der Waals surface area contributed by atoms with Gasteiger partial charge in [0.2, 0.25) is 5.91 Å². The SMILES string of the molecule is CC(=O)NCCc1ccc(C(=Nc2ccc(/C=C3\NC(=O)NC3=O)cc2)c2c(O)[nH]c3ccc([N+](=O)[O-])cc23)cc1. The predicted molar refractivity (Wildman–Crippen MR) is 152 cm³/mol. The number of H-pyrrole nitrogens is 1. The van der Waals surface area contributed by atoms with Gasteiger partial charge in [0, 0.05) is 42.1 Å². The van der Waals surface area contributed by atoms with Gasteiger partial charge in [0.25, 0.3) is 11.6 Å². The van der Waals surface area contributed by atoms with Gasteiger partial charge in [-0.15, -0.1) is 0 Å². The largest absolute Gasteiger partial charge is 0.494 e. The summed E-state index contributed by atoms with van der Waals surface area (Å²) >= 11 is 0. The van der Waals surface area contributed by atoms with E-state index in [1.807, 2.05) is 24.3 Å². The van der Waals surface area contributed by atoms with Crippen LogP contribution in [-0.4, -0.2) is 45.1 Å². The molecule has 2 heterocycles. The van der Waals surface area contributed by atoms with Crippen molar-refractivity contribution in [2.24, 2.45) is 4.99 Å². The highest BCUT2D eigenvalue weighted by atomic mass is 16.6. The molecule has 0 aliphatic carbocycles. The predicted octanol–water partition coefficient (Wildman–Crippen LogP) is 3.81. The Kier molecular flexibility index (Phi) is 7.29. The summed E-state index contributed by atoms with van der Waals surface area (Å²) in [6.07, 6.45) is 2.14. The first-order chi connectivity index (χ1) is 19.7. The molecule has 3 aromatic carbocycles. The van der Waals surface area contributed by atoms with Crippen LogP contribution < -0.4 is 16.0 Å². The van der Waals surface area contributed by atoms with Crippen LogP contribution in [0.25, 0.3) is 17.0 Å². The van der Waals surface area contributed by atoms with E-state index in [1.165, 1.54) is 31.2 Å². The Balaban J connectivity index is 1.56. The van der Waals surface area contributed by atoms with E-state index < -0.39 is 16.9 Å². The number of hydrogen-bond acceptors (Lipinski definition) is 7. The second-order valence-corrected chi connectivity index (χ2v) is 9.28.